The summed E-state index contributed by atoms with van der Waals surface area (Å²) in [6, 6.07) is 11.2. The van der Waals surface area contributed by atoms with Gasteiger partial charge in [-0.05, 0) is 49.6 Å². The molecule has 0 aliphatic rings. The molecule has 2 aromatic rings. The van der Waals surface area contributed by atoms with Gasteiger partial charge in [-0.25, -0.2) is 4.79 Å². The third-order valence-electron chi connectivity index (χ3n) is 4.16. The summed E-state index contributed by atoms with van der Waals surface area (Å²) in [5.41, 5.74) is 3.09. The Hall–Kier alpha value is -2.89. The normalized spacial score (nSPS) is 11.4. The Morgan fingerprint density at radius 1 is 1.04 bits per heavy atom. The molecule has 6 heteroatoms. The van der Waals surface area contributed by atoms with Crippen molar-refractivity contribution in [3.05, 3.63) is 53.1 Å². The molecule has 0 saturated heterocycles. The molecule has 2 aromatic carbocycles. The van der Waals surface area contributed by atoms with E-state index >= 15 is 0 Å². The number of nitrogens with one attached hydrogen (secondary N) is 2. The number of hydrogen-bond donors (Lipinski definition) is 2. The number of hydrogen-bond acceptors (Lipinski definition) is 4. The predicted molar refractivity (Wildman–Crippen MR) is 106 cm³/mol. The molecule has 2 amide bonds. The maximum Gasteiger partial charge on any atom is 0.315 e. The molecule has 0 fully saturated rings. The number of methoxy groups -OCH3 is 2. The second-order valence-electron chi connectivity index (χ2n) is 6.45. The third kappa shape index (κ3) is 5.81. The van der Waals surface area contributed by atoms with E-state index in [-0.39, 0.29) is 12.1 Å². The Morgan fingerprint density at radius 2 is 1.70 bits per heavy atom. The van der Waals surface area contributed by atoms with Crippen molar-refractivity contribution < 1.29 is 19.0 Å². The highest BCUT2D eigenvalue weighted by Crippen LogP contribution is 2.27. The zero-order chi connectivity index (χ0) is 19.8. The lowest BCUT2D eigenvalue weighted by atomic mass is 10.1. The Kier molecular flexibility index (Phi) is 7.34. The molecule has 0 radical (unpaired) electrons. The van der Waals surface area contributed by atoms with Crippen LogP contribution in [0.3, 0.4) is 0 Å². The smallest absolute Gasteiger partial charge is 0.315 e. The quantitative estimate of drug-likeness (QED) is 0.743. The van der Waals surface area contributed by atoms with Gasteiger partial charge in [-0.3, -0.25) is 0 Å². The monoisotopic (exact) mass is 372 g/mol. The second kappa shape index (κ2) is 9.71. The second-order valence-corrected chi connectivity index (χ2v) is 6.45. The number of rotatable bonds is 8. The van der Waals surface area contributed by atoms with Gasteiger partial charge in [0.05, 0.1) is 20.3 Å². The first kappa shape index (κ1) is 20.4. The zero-order valence-electron chi connectivity index (χ0n) is 16.6. The van der Waals surface area contributed by atoms with Crippen LogP contribution in [0, 0.1) is 13.8 Å². The minimum atomic E-state index is -0.248. The summed E-state index contributed by atoms with van der Waals surface area (Å²) in [6.45, 7) is 6.71. The summed E-state index contributed by atoms with van der Waals surface area (Å²) < 4.78 is 16.4. The van der Waals surface area contributed by atoms with E-state index in [0.717, 1.165) is 22.4 Å². The zero-order valence-corrected chi connectivity index (χ0v) is 16.6. The lowest BCUT2D eigenvalue weighted by Crippen LogP contribution is -2.43. The summed E-state index contributed by atoms with van der Waals surface area (Å²) in [5, 5.41) is 5.72. The van der Waals surface area contributed by atoms with Gasteiger partial charge in [0, 0.05) is 6.54 Å². The summed E-state index contributed by atoms with van der Waals surface area (Å²) in [4.78, 5) is 12.1. The predicted octanol–water partition coefficient (Wildman–Crippen LogP) is 3.59. The Morgan fingerprint density at radius 3 is 2.33 bits per heavy atom. The number of ether oxygens (including phenoxy) is 3. The topological polar surface area (TPSA) is 68.8 Å². The van der Waals surface area contributed by atoms with Crippen molar-refractivity contribution in [3.8, 4) is 17.2 Å². The lowest BCUT2D eigenvalue weighted by Gasteiger charge is -2.18. The summed E-state index contributed by atoms with van der Waals surface area (Å²) in [5.74, 6) is 2.16. The van der Waals surface area contributed by atoms with Gasteiger partial charge >= 0.3 is 6.03 Å². The number of para-hydroxylation sites is 1. The molecule has 0 heterocycles. The van der Waals surface area contributed by atoms with E-state index in [4.69, 9.17) is 14.2 Å². The van der Waals surface area contributed by atoms with Crippen molar-refractivity contribution in [1.82, 2.24) is 10.6 Å². The highest BCUT2D eigenvalue weighted by atomic mass is 16.5. The molecule has 0 spiro atoms. The first-order chi connectivity index (χ1) is 12.9. The molecule has 0 saturated carbocycles. The van der Waals surface area contributed by atoms with Crippen LogP contribution >= 0.6 is 0 Å². The molecule has 0 aliphatic heterocycles. The third-order valence-corrected chi connectivity index (χ3v) is 4.16. The van der Waals surface area contributed by atoms with Crippen LogP contribution in [0.4, 0.5) is 4.79 Å². The van der Waals surface area contributed by atoms with E-state index in [2.05, 4.69) is 10.6 Å². The minimum absolute atomic E-state index is 0.130. The van der Waals surface area contributed by atoms with Crippen molar-refractivity contribution in [1.29, 1.82) is 0 Å². The number of benzene rings is 2. The van der Waals surface area contributed by atoms with Gasteiger partial charge in [0.1, 0.15) is 12.4 Å². The molecule has 0 aliphatic carbocycles. The van der Waals surface area contributed by atoms with Crippen LogP contribution in [0.15, 0.2) is 36.4 Å². The van der Waals surface area contributed by atoms with Crippen molar-refractivity contribution in [2.24, 2.45) is 0 Å². The average molecular weight is 372 g/mol. The van der Waals surface area contributed by atoms with E-state index < -0.39 is 0 Å². The summed E-state index contributed by atoms with van der Waals surface area (Å²) in [7, 11) is 3.17. The van der Waals surface area contributed by atoms with E-state index in [1.807, 2.05) is 57.2 Å². The largest absolute Gasteiger partial charge is 0.493 e. The fourth-order valence-corrected chi connectivity index (χ4v) is 2.72. The van der Waals surface area contributed by atoms with E-state index in [9.17, 15) is 4.79 Å². The molecule has 0 bridgehead atoms. The van der Waals surface area contributed by atoms with E-state index in [0.29, 0.717) is 24.7 Å². The van der Waals surface area contributed by atoms with Gasteiger partial charge in [-0.1, -0.05) is 24.3 Å². The number of carbonyl (C=O) groups is 1. The molecular weight excluding hydrogens is 344 g/mol. The maximum absolute atomic E-state index is 12.1. The van der Waals surface area contributed by atoms with Gasteiger partial charge in [-0.15, -0.1) is 0 Å². The number of urea groups is 1. The summed E-state index contributed by atoms with van der Waals surface area (Å²) >= 11 is 0. The number of amides is 2. The van der Waals surface area contributed by atoms with Crippen molar-refractivity contribution >= 4 is 6.03 Å². The van der Waals surface area contributed by atoms with Gasteiger partial charge in [-0.2, -0.15) is 0 Å². The SMILES string of the molecule is COc1ccc(CNC(=O)NC(C)COc2c(C)cccc2C)cc1OC. The Balaban J connectivity index is 1.81. The molecule has 1 unspecified atom stereocenters. The molecule has 0 aromatic heterocycles. The highest BCUT2D eigenvalue weighted by molar-refractivity contribution is 5.74. The van der Waals surface area contributed by atoms with Crippen molar-refractivity contribution in [3.63, 3.8) is 0 Å². The van der Waals surface area contributed by atoms with Gasteiger partial charge in [0.15, 0.2) is 11.5 Å². The van der Waals surface area contributed by atoms with E-state index in [1.54, 1.807) is 14.2 Å². The molecule has 2 rings (SSSR count). The lowest BCUT2D eigenvalue weighted by molar-refractivity contribution is 0.225. The van der Waals surface area contributed by atoms with Crippen LogP contribution in [0.25, 0.3) is 0 Å². The van der Waals surface area contributed by atoms with Crippen LogP contribution in [-0.4, -0.2) is 32.9 Å². The molecule has 146 valence electrons. The Bertz CT molecular complexity index is 757. The first-order valence-electron chi connectivity index (χ1n) is 8.89. The number of carbonyl (C=O) groups excluding carboxylic acids is 1. The average Bonchev–Trinajstić information content (AvgIpc) is 2.65. The van der Waals surface area contributed by atoms with Gasteiger partial charge < -0.3 is 24.8 Å². The first-order valence-corrected chi connectivity index (χ1v) is 8.89. The van der Waals surface area contributed by atoms with Crippen LogP contribution in [-0.2, 0) is 6.54 Å². The Labute approximate surface area is 160 Å². The van der Waals surface area contributed by atoms with Crippen LogP contribution in [0.1, 0.15) is 23.6 Å². The van der Waals surface area contributed by atoms with Gasteiger partial charge in [0.2, 0.25) is 0 Å². The fraction of sp³-hybridized carbons (Fsp3) is 0.381. The van der Waals surface area contributed by atoms with E-state index in [1.165, 1.54) is 0 Å². The fourth-order valence-electron chi connectivity index (χ4n) is 2.72. The highest BCUT2D eigenvalue weighted by Gasteiger charge is 2.11. The van der Waals surface area contributed by atoms with Crippen LogP contribution < -0.4 is 24.8 Å². The molecule has 27 heavy (non-hydrogen) atoms. The van der Waals surface area contributed by atoms with Crippen LogP contribution in [0.5, 0.6) is 17.2 Å². The molecule has 6 nitrogen and oxygen atoms in total. The maximum atomic E-state index is 12.1. The standard InChI is InChI=1S/C21H28N2O4/c1-14-7-6-8-15(2)20(14)27-13-16(3)23-21(24)22-12-17-9-10-18(25-4)19(11-17)26-5/h6-11,16H,12-13H2,1-5H3,(H2,22,23,24). The molecule has 2 N–H and O–H groups in total. The van der Waals surface area contributed by atoms with Crippen molar-refractivity contribution in [2.75, 3.05) is 20.8 Å². The van der Waals surface area contributed by atoms with Crippen molar-refractivity contribution in [2.45, 2.75) is 33.4 Å². The minimum Gasteiger partial charge on any atom is -0.493 e. The number of aryl methyl sites for hydroxylation is 2. The molecular formula is C21H28N2O4. The van der Waals surface area contributed by atoms with Crippen LogP contribution in [0.2, 0.25) is 0 Å². The summed E-state index contributed by atoms with van der Waals surface area (Å²) in [6.07, 6.45) is 0. The molecule has 1 atom stereocenters. The van der Waals surface area contributed by atoms with Gasteiger partial charge in [0.25, 0.3) is 0 Å².